The molecule has 2 aromatic rings. The van der Waals surface area contributed by atoms with Crippen molar-refractivity contribution in [2.45, 2.75) is 39.2 Å². The summed E-state index contributed by atoms with van der Waals surface area (Å²) < 4.78 is 23.1. The van der Waals surface area contributed by atoms with Gasteiger partial charge in [0.2, 0.25) is 5.91 Å². The van der Waals surface area contributed by atoms with Crippen LogP contribution in [0.1, 0.15) is 29.7 Å². The second-order valence-electron chi connectivity index (χ2n) is 7.53. The molecule has 2 aliphatic rings. The number of aryl methyl sites for hydroxylation is 2. The van der Waals surface area contributed by atoms with Crippen LogP contribution in [0.15, 0.2) is 6.33 Å². The zero-order valence-corrected chi connectivity index (χ0v) is 17.2. The van der Waals surface area contributed by atoms with E-state index in [1.807, 2.05) is 0 Å². The summed E-state index contributed by atoms with van der Waals surface area (Å²) in [5.41, 5.74) is 1.23. The molecule has 4 rings (SSSR count). The first-order chi connectivity index (χ1) is 12.8. The third-order valence-corrected chi connectivity index (χ3v) is 8.57. The van der Waals surface area contributed by atoms with Gasteiger partial charge in [-0.2, -0.15) is 0 Å². The van der Waals surface area contributed by atoms with Gasteiger partial charge in [0.1, 0.15) is 17.0 Å². The number of anilines is 1. The van der Waals surface area contributed by atoms with Crippen LogP contribution in [0.2, 0.25) is 0 Å². The highest BCUT2D eigenvalue weighted by Gasteiger charge is 2.32. The Labute approximate surface area is 163 Å². The summed E-state index contributed by atoms with van der Waals surface area (Å²) in [7, 11) is -2.98. The lowest BCUT2D eigenvalue weighted by molar-refractivity contribution is -0.126. The van der Waals surface area contributed by atoms with E-state index in [1.54, 1.807) is 17.7 Å². The second-order valence-corrected chi connectivity index (χ2v) is 11.0. The number of amides is 1. The van der Waals surface area contributed by atoms with Crippen molar-refractivity contribution in [1.82, 2.24) is 15.3 Å². The van der Waals surface area contributed by atoms with Crippen LogP contribution in [-0.2, 0) is 14.6 Å². The SMILES string of the molecule is Cc1sc2ncnc(N3CCC(C(=O)N[C@H]4CCS(=O)(=O)C4)CC3)c2c1C. The Morgan fingerprint density at radius 1 is 1.22 bits per heavy atom. The molecule has 0 aromatic carbocycles. The van der Waals surface area contributed by atoms with Crippen LogP contribution >= 0.6 is 11.3 Å². The minimum Gasteiger partial charge on any atom is -0.356 e. The van der Waals surface area contributed by atoms with Crippen molar-refractivity contribution in [2.75, 3.05) is 29.5 Å². The third-order valence-electron chi connectivity index (χ3n) is 5.69. The number of rotatable bonds is 3. The van der Waals surface area contributed by atoms with E-state index in [0.29, 0.717) is 6.42 Å². The molecular weight excluding hydrogens is 384 g/mol. The number of aromatic nitrogens is 2. The molecule has 146 valence electrons. The fourth-order valence-electron chi connectivity index (χ4n) is 3.98. The van der Waals surface area contributed by atoms with Gasteiger partial charge in [-0.05, 0) is 38.7 Å². The lowest BCUT2D eigenvalue weighted by Crippen LogP contribution is -2.44. The van der Waals surface area contributed by atoms with Crippen molar-refractivity contribution in [3.05, 3.63) is 16.8 Å². The molecule has 0 bridgehead atoms. The summed E-state index contributed by atoms with van der Waals surface area (Å²) in [4.78, 5) is 26.0. The Morgan fingerprint density at radius 2 is 1.96 bits per heavy atom. The summed E-state index contributed by atoms with van der Waals surface area (Å²) >= 11 is 1.69. The Morgan fingerprint density at radius 3 is 2.63 bits per heavy atom. The van der Waals surface area contributed by atoms with Gasteiger partial charge in [-0.1, -0.05) is 0 Å². The maximum atomic E-state index is 12.5. The Bertz CT molecular complexity index is 978. The van der Waals surface area contributed by atoms with Gasteiger partial charge in [-0.3, -0.25) is 4.79 Å². The quantitative estimate of drug-likeness (QED) is 0.833. The molecule has 1 N–H and O–H groups in total. The van der Waals surface area contributed by atoms with E-state index in [-0.39, 0.29) is 29.4 Å². The lowest BCUT2D eigenvalue weighted by atomic mass is 9.95. The van der Waals surface area contributed by atoms with Crippen LogP contribution in [0.25, 0.3) is 10.2 Å². The summed E-state index contributed by atoms with van der Waals surface area (Å²) in [5.74, 6) is 1.15. The molecule has 1 atom stereocenters. The van der Waals surface area contributed by atoms with Crippen LogP contribution < -0.4 is 10.2 Å². The number of sulfone groups is 1. The van der Waals surface area contributed by atoms with Crippen molar-refractivity contribution in [2.24, 2.45) is 5.92 Å². The average molecular weight is 409 g/mol. The van der Waals surface area contributed by atoms with Gasteiger partial charge in [0.25, 0.3) is 0 Å². The van der Waals surface area contributed by atoms with E-state index in [2.05, 4.69) is 34.0 Å². The molecule has 2 aliphatic heterocycles. The Balaban J connectivity index is 1.41. The zero-order valence-electron chi connectivity index (χ0n) is 15.6. The summed E-state index contributed by atoms with van der Waals surface area (Å²) in [6.45, 7) is 5.74. The van der Waals surface area contributed by atoms with Crippen LogP contribution in [0.5, 0.6) is 0 Å². The van der Waals surface area contributed by atoms with Crippen LogP contribution in [-0.4, -0.2) is 54.9 Å². The number of fused-ring (bicyclic) bond motifs is 1. The predicted octanol–water partition coefficient (Wildman–Crippen LogP) is 1.83. The minimum atomic E-state index is -2.98. The molecule has 0 aliphatic carbocycles. The Hall–Kier alpha value is -1.74. The van der Waals surface area contributed by atoms with Crippen molar-refractivity contribution in [1.29, 1.82) is 0 Å². The molecule has 7 nitrogen and oxygen atoms in total. The maximum Gasteiger partial charge on any atom is 0.223 e. The fraction of sp³-hybridized carbons (Fsp3) is 0.611. The zero-order chi connectivity index (χ0) is 19.2. The van der Waals surface area contributed by atoms with Gasteiger partial charge in [0.15, 0.2) is 9.84 Å². The van der Waals surface area contributed by atoms with Crippen molar-refractivity contribution in [3.8, 4) is 0 Å². The summed E-state index contributed by atoms with van der Waals surface area (Å²) in [6, 6.07) is -0.224. The van der Waals surface area contributed by atoms with Crippen LogP contribution in [0.3, 0.4) is 0 Å². The highest BCUT2D eigenvalue weighted by molar-refractivity contribution is 7.91. The minimum absolute atomic E-state index is 0.00728. The van der Waals surface area contributed by atoms with Crippen LogP contribution in [0, 0.1) is 19.8 Å². The number of hydrogen-bond acceptors (Lipinski definition) is 7. The Kier molecular flexibility index (Phi) is 4.84. The van der Waals surface area contributed by atoms with E-state index in [0.717, 1.165) is 42.0 Å². The number of nitrogens with zero attached hydrogens (tertiary/aromatic N) is 3. The van der Waals surface area contributed by atoms with E-state index in [4.69, 9.17) is 0 Å². The predicted molar refractivity (Wildman–Crippen MR) is 107 cm³/mol. The first-order valence-corrected chi connectivity index (χ1v) is 11.9. The smallest absolute Gasteiger partial charge is 0.223 e. The van der Waals surface area contributed by atoms with E-state index in [1.165, 1.54) is 10.4 Å². The van der Waals surface area contributed by atoms with E-state index in [9.17, 15) is 13.2 Å². The highest BCUT2D eigenvalue weighted by Crippen LogP contribution is 2.35. The van der Waals surface area contributed by atoms with E-state index < -0.39 is 9.84 Å². The highest BCUT2D eigenvalue weighted by atomic mass is 32.2. The number of nitrogens with one attached hydrogen (secondary N) is 1. The second kappa shape index (κ2) is 7.01. The standard InChI is InChI=1S/C18H24N4O3S2/c1-11-12(2)26-18-15(11)16(19-10-20-18)22-6-3-13(4-7-22)17(23)21-14-5-8-27(24,25)9-14/h10,13-14H,3-9H2,1-2H3,(H,21,23)/t14-/m0/s1. The molecule has 9 heteroatoms. The van der Waals surface area contributed by atoms with Crippen LogP contribution in [0.4, 0.5) is 5.82 Å². The molecule has 2 fully saturated rings. The number of carbonyl (C=O) groups excluding carboxylic acids is 1. The first-order valence-electron chi connectivity index (χ1n) is 9.30. The van der Waals surface area contributed by atoms with Gasteiger partial charge in [0.05, 0.1) is 16.9 Å². The molecule has 1 amide bonds. The monoisotopic (exact) mass is 408 g/mol. The van der Waals surface area contributed by atoms with Gasteiger partial charge in [-0.25, -0.2) is 18.4 Å². The number of hydrogen-bond donors (Lipinski definition) is 1. The molecule has 0 saturated carbocycles. The van der Waals surface area contributed by atoms with Crippen molar-refractivity contribution >= 4 is 43.1 Å². The third kappa shape index (κ3) is 3.67. The molecular formula is C18H24N4O3S2. The summed E-state index contributed by atoms with van der Waals surface area (Å²) in [6.07, 6.45) is 3.65. The van der Waals surface area contributed by atoms with E-state index >= 15 is 0 Å². The first kappa shape index (κ1) is 18.6. The molecule has 2 aromatic heterocycles. The number of piperidine rings is 1. The van der Waals surface area contributed by atoms with Crippen molar-refractivity contribution < 1.29 is 13.2 Å². The van der Waals surface area contributed by atoms with Crippen molar-refractivity contribution in [3.63, 3.8) is 0 Å². The number of carbonyl (C=O) groups is 1. The molecule has 2 saturated heterocycles. The average Bonchev–Trinajstić information content (AvgIpc) is 3.13. The fourth-order valence-corrected chi connectivity index (χ4v) is 6.65. The van der Waals surface area contributed by atoms with Gasteiger partial charge < -0.3 is 10.2 Å². The lowest BCUT2D eigenvalue weighted by Gasteiger charge is -2.33. The topological polar surface area (TPSA) is 92.3 Å². The largest absolute Gasteiger partial charge is 0.356 e. The molecule has 0 unspecified atom stereocenters. The molecule has 0 spiro atoms. The van der Waals surface area contributed by atoms with Gasteiger partial charge >= 0.3 is 0 Å². The summed E-state index contributed by atoms with van der Waals surface area (Å²) in [5, 5.41) is 4.06. The number of thiophene rings is 1. The molecule has 27 heavy (non-hydrogen) atoms. The molecule has 4 heterocycles. The molecule has 0 radical (unpaired) electrons. The van der Waals surface area contributed by atoms with Gasteiger partial charge in [-0.15, -0.1) is 11.3 Å². The maximum absolute atomic E-state index is 12.5. The normalized spacial score (nSPS) is 23.0. The van der Waals surface area contributed by atoms with Gasteiger partial charge in [0, 0.05) is 29.9 Å².